The van der Waals surface area contributed by atoms with E-state index in [-0.39, 0.29) is 12.3 Å². The normalized spacial score (nSPS) is 13.4. The Hall–Kier alpha value is -1.89. The predicted molar refractivity (Wildman–Crippen MR) is 71.1 cm³/mol. The number of hydrogen-bond acceptors (Lipinski definition) is 4. The molecule has 0 radical (unpaired) electrons. The molecule has 6 nitrogen and oxygen atoms in total. The Balaban J connectivity index is 2.53. The summed E-state index contributed by atoms with van der Waals surface area (Å²) in [4.78, 5) is 34.8. The highest BCUT2D eigenvalue weighted by Gasteiger charge is 2.22. The summed E-state index contributed by atoms with van der Waals surface area (Å²) in [5.41, 5.74) is 0. The lowest BCUT2D eigenvalue weighted by Crippen LogP contribution is -2.50. The average Bonchev–Trinajstić information content (AvgIpc) is 2.88. The minimum Gasteiger partial charge on any atom is -0.480 e. The Morgan fingerprint density at radius 2 is 2.05 bits per heavy atom. The number of carboxylic acids is 1. The Kier molecular flexibility index (Phi) is 5.50. The van der Waals surface area contributed by atoms with Gasteiger partial charge in [-0.25, -0.2) is 4.79 Å². The summed E-state index contributed by atoms with van der Waals surface area (Å²) in [6.45, 7) is 3.17. The van der Waals surface area contributed by atoms with Crippen LogP contribution in [0.15, 0.2) is 17.5 Å². The predicted octanol–water partition coefficient (Wildman–Crippen LogP) is 0.846. The molecule has 19 heavy (non-hydrogen) atoms. The van der Waals surface area contributed by atoms with Crippen molar-refractivity contribution in [3.8, 4) is 0 Å². The van der Waals surface area contributed by atoms with Crippen molar-refractivity contribution in [1.82, 2.24) is 10.6 Å². The lowest BCUT2D eigenvalue weighted by atomic mass is 10.2. The van der Waals surface area contributed by atoms with Gasteiger partial charge in [0.05, 0.1) is 4.88 Å². The monoisotopic (exact) mass is 284 g/mol. The molecule has 7 heteroatoms. The molecule has 0 bridgehead atoms. The van der Waals surface area contributed by atoms with Crippen molar-refractivity contribution in [2.24, 2.45) is 0 Å². The molecule has 0 saturated carbocycles. The number of nitrogens with one attached hydrogen (secondary N) is 2. The second-order valence-electron chi connectivity index (χ2n) is 3.98. The molecule has 0 fully saturated rings. The Labute approximate surface area is 114 Å². The van der Waals surface area contributed by atoms with Crippen molar-refractivity contribution in [1.29, 1.82) is 0 Å². The second-order valence-corrected chi connectivity index (χ2v) is 4.93. The van der Waals surface area contributed by atoms with Crippen LogP contribution in [0.1, 0.15) is 29.9 Å². The number of carbonyl (C=O) groups excluding carboxylic acids is 2. The third-order valence-corrected chi connectivity index (χ3v) is 3.38. The van der Waals surface area contributed by atoms with Crippen molar-refractivity contribution in [3.05, 3.63) is 22.4 Å². The first kappa shape index (κ1) is 15.2. The second kappa shape index (κ2) is 6.89. The van der Waals surface area contributed by atoms with Gasteiger partial charge in [0, 0.05) is 0 Å². The fraction of sp³-hybridized carbons (Fsp3) is 0.417. The molecule has 2 unspecified atom stereocenters. The summed E-state index contributed by atoms with van der Waals surface area (Å²) >= 11 is 1.27. The van der Waals surface area contributed by atoms with Crippen LogP contribution in [0.2, 0.25) is 0 Å². The molecule has 0 aliphatic carbocycles. The lowest BCUT2D eigenvalue weighted by Gasteiger charge is -2.17. The summed E-state index contributed by atoms with van der Waals surface area (Å²) < 4.78 is 0. The highest BCUT2D eigenvalue weighted by Crippen LogP contribution is 2.08. The molecule has 104 valence electrons. The van der Waals surface area contributed by atoms with Crippen LogP contribution < -0.4 is 10.6 Å². The van der Waals surface area contributed by atoms with Gasteiger partial charge in [0.1, 0.15) is 12.1 Å². The molecule has 2 atom stereocenters. The summed E-state index contributed by atoms with van der Waals surface area (Å²) in [6, 6.07) is 1.66. The minimum absolute atomic E-state index is 0.284. The first-order chi connectivity index (χ1) is 8.95. The van der Waals surface area contributed by atoms with Gasteiger partial charge in [0.15, 0.2) is 0 Å². The zero-order valence-electron chi connectivity index (χ0n) is 10.7. The number of carbonyl (C=O) groups is 3. The zero-order chi connectivity index (χ0) is 14.4. The van der Waals surface area contributed by atoms with Gasteiger partial charge in [-0.3, -0.25) is 9.59 Å². The smallest absolute Gasteiger partial charge is 0.326 e. The van der Waals surface area contributed by atoms with E-state index in [1.807, 2.05) is 0 Å². The van der Waals surface area contributed by atoms with E-state index in [1.54, 1.807) is 24.4 Å². The van der Waals surface area contributed by atoms with Gasteiger partial charge in [-0.2, -0.15) is 0 Å². The third-order valence-electron chi connectivity index (χ3n) is 2.51. The van der Waals surface area contributed by atoms with Crippen LogP contribution in [0.3, 0.4) is 0 Å². The van der Waals surface area contributed by atoms with Crippen molar-refractivity contribution in [3.63, 3.8) is 0 Å². The molecule has 0 aromatic carbocycles. The van der Waals surface area contributed by atoms with Crippen molar-refractivity contribution in [2.45, 2.75) is 32.4 Å². The maximum Gasteiger partial charge on any atom is 0.326 e. The maximum atomic E-state index is 11.7. The summed E-state index contributed by atoms with van der Waals surface area (Å²) in [5.74, 6) is -1.95. The van der Waals surface area contributed by atoms with E-state index in [0.29, 0.717) is 4.88 Å². The molecule has 0 saturated heterocycles. The Morgan fingerprint density at radius 1 is 1.37 bits per heavy atom. The van der Waals surface area contributed by atoms with E-state index in [0.717, 1.165) is 0 Å². The fourth-order valence-electron chi connectivity index (χ4n) is 1.38. The summed E-state index contributed by atoms with van der Waals surface area (Å²) in [7, 11) is 0. The molecule has 1 aromatic heterocycles. The summed E-state index contributed by atoms with van der Waals surface area (Å²) in [6.07, 6.45) is 0.284. The van der Waals surface area contributed by atoms with Gasteiger partial charge >= 0.3 is 5.97 Å². The molecule has 2 amide bonds. The summed E-state index contributed by atoms with van der Waals surface area (Å²) in [5, 5.41) is 15.5. The number of rotatable bonds is 6. The number of carboxylic acid groups (broad SMARTS) is 1. The number of amides is 2. The molecule has 3 N–H and O–H groups in total. The first-order valence-corrected chi connectivity index (χ1v) is 6.71. The molecule has 1 heterocycles. The standard InChI is InChI=1S/C12H16N2O4S/c1-3-8(12(17)18)14-10(15)7(2)13-11(16)9-5-4-6-19-9/h4-8H,3H2,1-2H3,(H,13,16)(H,14,15)(H,17,18). The number of thiophene rings is 1. The molecular weight excluding hydrogens is 268 g/mol. The van der Waals surface area contributed by atoms with Crippen LogP contribution in [0.5, 0.6) is 0 Å². The van der Waals surface area contributed by atoms with Crippen LogP contribution in [0, 0.1) is 0 Å². The van der Waals surface area contributed by atoms with Gasteiger partial charge in [-0.15, -0.1) is 11.3 Å². The van der Waals surface area contributed by atoms with Crippen LogP contribution in [-0.2, 0) is 9.59 Å². The fourth-order valence-corrected chi connectivity index (χ4v) is 2.00. The Bertz CT molecular complexity index is 458. The van der Waals surface area contributed by atoms with Gasteiger partial charge < -0.3 is 15.7 Å². The molecule has 1 rings (SSSR count). The van der Waals surface area contributed by atoms with Gasteiger partial charge in [-0.05, 0) is 24.8 Å². The molecule has 0 aliphatic rings. The van der Waals surface area contributed by atoms with Crippen molar-refractivity contribution < 1.29 is 19.5 Å². The van der Waals surface area contributed by atoms with Crippen molar-refractivity contribution >= 4 is 29.1 Å². The molecule has 0 aliphatic heterocycles. The third kappa shape index (κ3) is 4.36. The van der Waals surface area contributed by atoms with Crippen LogP contribution >= 0.6 is 11.3 Å². The average molecular weight is 284 g/mol. The molecule has 1 aromatic rings. The number of hydrogen-bond donors (Lipinski definition) is 3. The van der Waals surface area contributed by atoms with E-state index in [1.165, 1.54) is 18.3 Å². The zero-order valence-corrected chi connectivity index (χ0v) is 11.5. The Morgan fingerprint density at radius 3 is 2.53 bits per heavy atom. The van der Waals surface area contributed by atoms with Crippen molar-refractivity contribution in [2.75, 3.05) is 0 Å². The maximum absolute atomic E-state index is 11.7. The topological polar surface area (TPSA) is 95.5 Å². The highest BCUT2D eigenvalue weighted by atomic mass is 32.1. The van der Waals surface area contributed by atoms with Crippen LogP contribution in [0.4, 0.5) is 0 Å². The largest absolute Gasteiger partial charge is 0.480 e. The number of aliphatic carboxylic acids is 1. The van der Waals surface area contributed by atoms with E-state index in [4.69, 9.17) is 5.11 Å². The molecular formula is C12H16N2O4S. The first-order valence-electron chi connectivity index (χ1n) is 5.83. The van der Waals surface area contributed by atoms with E-state index < -0.39 is 24.0 Å². The van der Waals surface area contributed by atoms with Gasteiger partial charge in [-0.1, -0.05) is 13.0 Å². The lowest BCUT2D eigenvalue weighted by molar-refractivity contribution is -0.142. The van der Waals surface area contributed by atoms with Crippen LogP contribution in [-0.4, -0.2) is 35.0 Å². The van der Waals surface area contributed by atoms with Crippen LogP contribution in [0.25, 0.3) is 0 Å². The van der Waals surface area contributed by atoms with Gasteiger partial charge in [0.25, 0.3) is 5.91 Å². The SMILES string of the molecule is CCC(NC(=O)C(C)NC(=O)c1cccs1)C(=O)O. The van der Waals surface area contributed by atoms with E-state index in [9.17, 15) is 14.4 Å². The van der Waals surface area contributed by atoms with E-state index >= 15 is 0 Å². The highest BCUT2D eigenvalue weighted by molar-refractivity contribution is 7.12. The van der Waals surface area contributed by atoms with Gasteiger partial charge in [0.2, 0.25) is 5.91 Å². The molecule has 0 spiro atoms. The van der Waals surface area contributed by atoms with E-state index in [2.05, 4.69) is 10.6 Å². The minimum atomic E-state index is -1.09. The quantitative estimate of drug-likeness (QED) is 0.721.